The smallest absolute Gasteiger partial charge is 0.181 e. The molecule has 0 aromatic carbocycles. The van der Waals surface area contributed by atoms with Crippen LogP contribution in [-0.2, 0) is 11.8 Å². The van der Waals surface area contributed by atoms with E-state index < -0.39 is 0 Å². The Labute approximate surface area is 75.1 Å². The van der Waals surface area contributed by atoms with Crippen LogP contribution in [-0.4, -0.2) is 4.98 Å². The van der Waals surface area contributed by atoms with Crippen molar-refractivity contribution < 1.29 is 4.42 Å². The molecule has 0 saturated carbocycles. The highest BCUT2D eigenvalue weighted by atomic mass is 79.9. The minimum absolute atomic E-state index is 0.626. The monoisotopic (exact) mass is 217 g/mol. The second kappa shape index (κ2) is 3.90. The van der Waals surface area contributed by atoms with Crippen LogP contribution in [0.3, 0.4) is 0 Å². The molecule has 0 aliphatic rings. The van der Waals surface area contributed by atoms with Crippen molar-refractivity contribution in [1.29, 1.82) is 0 Å². The van der Waals surface area contributed by atoms with Crippen molar-refractivity contribution in [1.82, 2.24) is 4.98 Å². The van der Waals surface area contributed by atoms with Gasteiger partial charge in [0, 0.05) is 11.8 Å². The van der Waals surface area contributed by atoms with Gasteiger partial charge in [0.1, 0.15) is 5.76 Å². The van der Waals surface area contributed by atoms with Crippen molar-refractivity contribution >= 4 is 15.9 Å². The molecule has 1 aromatic rings. The first kappa shape index (κ1) is 8.78. The van der Waals surface area contributed by atoms with E-state index in [4.69, 9.17) is 4.42 Å². The first-order chi connectivity index (χ1) is 5.24. The molecule has 0 unspecified atom stereocenters. The van der Waals surface area contributed by atoms with Crippen molar-refractivity contribution in [3.05, 3.63) is 17.8 Å². The van der Waals surface area contributed by atoms with Crippen LogP contribution in [0.2, 0.25) is 0 Å². The molecule has 1 heterocycles. The third-order valence-electron chi connectivity index (χ3n) is 1.45. The Kier molecular flexibility index (Phi) is 3.12. The molecule has 0 saturated heterocycles. The van der Waals surface area contributed by atoms with Crippen LogP contribution >= 0.6 is 15.9 Å². The van der Waals surface area contributed by atoms with Crippen LogP contribution in [0.5, 0.6) is 0 Å². The van der Waals surface area contributed by atoms with Crippen LogP contribution in [0.1, 0.15) is 25.3 Å². The first-order valence-electron chi connectivity index (χ1n) is 3.71. The van der Waals surface area contributed by atoms with Crippen molar-refractivity contribution in [2.24, 2.45) is 5.92 Å². The summed E-state index contributed by atoms with van der Waals surface area (Å²) in [6, 6.07) is 0. The molecule has 0 radical (unpaired) electrons. The summed E-state index contributed by atoms with van der Waals surface area (Å²) >= 11 is 3.35. The third-order valence-corrected chi connectivity index (χ3v) is 1.98. The van der Waals surface area contributed by atoms with Gasteiger partial charge in [-0.3, -0.25) is 0 Å². The van der Waals surface area contributed by atoms with Gasteiger partial charge in [-0.25, -0.2) is 4.98 Å². The van der Waals surface area contributed by atoms with Gasteiger partial charge >= 0.3 is 0 Å². The summed E-state index contributed by atoms with van der Waals surface area (Å²) in [6.45, 7) is 4.33. The van der Waals surface area contributed by atoms with Gasteiger partial charge in [0.25, 0.3) is 0 Å². The Hall–Kier alpha value is -0.310. The second-order valence-electron chi connectivity index (χ2n) is 2.95. The lowest BCUT2D eigenvalue weighted by atomic mass is 10.1. The molecule has 62 valence electrons. The van der Waals surface area contributed by atoms with E-state index in [0.29, 0.717) is 5.92 Å². The number of oxazole rings is 1. The fraction of sp³-hybridized carbons (Fsp3) is 0.625. The molecule has 3 heteroatoms. The van der Waals surface area contributed by atoms with Crippen molar-refractivity contribution in [3.63, 3.8) is 0 Å². The number of rotatable bonds is 3. The largest absolute Gasteiger partial charge is 0.448 e. The van der Waals surface area contributed by atoms with Crippen LogP contribution < -0.4 is 0 Å². The zero-order chi connectivity index (χ0) is 8.27. The van der Waals surface area contributed by atoms with Crippen LogP contribution in [0.15, 0.2) is 10.8 Å². The summed E-state index contributed by atoms with van der Waals surface area (Å²) in [5.74, 6) is 1.64. The maximum atomic E-state index is 5.23. The van der Waals surface area contributed by atoms with E-state index >= 15 is 0 Å². The minimum Gasteiger partial charge on any atom is -0.448 e. The molecule has 1 rings (SSSR count). The summed E-state index contributed by atoms with van der Waals surface area (Å²) in [6.07, 6.45) is 2.48. The molecule has 11 heavy (non-hydrogen) atoms. The lowest BCUT2D eigenvalue weighted by molar-refractivity contribution is 0.467. The molecule has 0 atom stereocenters. The summed E-state index contributed by atoms with van der Waals surface area (Å²) in [5.41, 5.74) is 1.03. The molecular formula is C8H12BrNO. The number of hydrogen-bond donors (Lipinski definition) is 0. The maximum Gasteiger partial charge on any atom is 0.181 e. The number of hydrogen-bond acceptors (Lipinski definition) is 2. The highest BCUT2D eigenvalue weighted by molar-refractivity contribution is 9.08. The SMILES string of the molecule is CC(C)Cc1ocnc1CBr. The molecular weight excluding hydrogens is 206 g/mol. The molecule has 0 amide bonds. The van der Waals surface area contributed by atoms with Gasteiger partial charge in [-0.2, -0.15) is 0 Å². The van der Waals surface area contributed by atoms with E-state index in [0.717, 1.165) is 23.2 Å². The van der Waals surface area contributed by atoms with E-state index in [1.165, 1.54) is 6.39 Å². The zero-order valence-electron chi connectivity index (χ0n) is 6.80. The molecule has 1 aromatic heterocycles. The van der Waals surface area contributed by atoms with Gasteiger partial charge in [-0.05, 0) is 5.92 Å². The van der Waals surface area contributed by atoms with Crippen molar-refractivity contribution in [2.75, 3.05) is 0 Å². The molecule has 0 aliphatic heterocycles. The fourth-order valence-electron chi connectivity index (χ4n) is 0.939. The standard InChI is InChI=1S/C8H12BrNO/c1-6(2)3-8-7(4-9)10-5-11-8/h5-6H,3-4H2,1-2H3. The number of alkyl halides is 1. The summed E-state index contributed by atoms with van der Waals surface area (Å²) in [7, 11) is 0. The number of halogens is 1. The highest BCUT2D eigenvalue weighted by Gasteiger charge is 2.07. The molecule has 0 fully saturated rings. The maximum absolute atomic E-state index is 5.23. The van der Waals surface area contributed by atoms with Gasteiger partial charge in [0.2, 0.25) is 0 Å². The molecule has 0 N–H and O–H groups in total. The predicted molar refractivity (Wildman–Crippen MR) is 47.7 cm³/mol. The van der Waals surface area contributed by atoms with E-state index in [1.807, 2.05) is 0 Å². The van der Waals surface area contributed by atoms with Crippen molar-refractivity contribution in [3.8, 4) is 0 Å². The van der Waals surface area contributed by atoms with Gasteiger partial charge in [0.15, 0.2) is 6.39 Å². The van der Waals surface area contributed by atoms with Crippen LogP contribution in [0.25, 0.3) is 0 Å². The molecule has 0 spiro atoms. The Morgan fingerprint density at radius 2 is 2.36 bits per heavy atom. The van der Waals surface area contributed by atoms with Crippen LogP contribution in [0.4, 0.5) is 0 Å². The Bertz CT molecular complexity index is 220. The summed E-state index contributed by atoms with van der Waals surface area (Å²) in [4.78, 5) is 4.07. The third kappa shape index (κ3) is 2.33. The Balaban J connectivity index is 2.68. The van der Waals surface area contributed by atoms with E-state index in [-0.39, 0.29) is 0 Å². The zero-order valence-corrected chi connectivity index (χ0v) is 8.39. The summed E-state index contributed by atoms with van der Waals surface area (Å²) in [5, 5.41) is 0.783. The Morgan fingerprint density at radius 1 is 1.64 bits per heavy atom. The van der Waals surface area contributed by atoms with Crippen LogP contribution in [0, 0.1) is 5.92 Å². The van der Waals surface area contributed by atoms with Gasteiger partial charge in [-0.15, -0.1) is 0 Å². The van der Waals surface area contributed by atoms with Gasteiger partial charge < -0.3 is 4.42 Å². The average Bonchev–Trinajstić information content (AvgIpc) is 2.34. The molecule has 0 aliphatic carbocycles. The first-order valence-corrected chi connectivity index (χ1v) is 4.83. The topological polar surface area (TPSA) is 26.0 Å². The van der Waals surface area contributed by atoms with Gasteiger partial charge in [0.05, 0.1) is 5.69 Å². The molecule has 2 nitrogen and oxygen atoms in total. The molecule has 0 bridgehead atoms. The average molecular weight is 218 g/mol. The van der Waals surface area contributed by atoms with E-state index in [9.17, 15) is 0 Å². The number of aromatic nitrogens is 1. The predicted octanol–water partition coefficient (Wildman–Crippen LogP) is 2.77. The van der Waals surface area contributed by atoms with E-state index in [1.54, 1.807) is 0 Å². The fourth-order valence-corrected chi connectivity index (χ4v) is 1.40. The second-order valence-corrected chi connectivity index (χ2v) is 3.51. The normalized spacial score (nSPS) is 10.9. The van der Waals surface area contributed by atoms with Gasteiger partial charge in [-0.1, -0.05) is 29.8 Å². The Morgan fingerprint density at radius 3 is 2.91 bits per heavy atom. The van der Waals surface area contributed by atoms with Crippen molar-refractivity contribution in [2.45, 2.75) is 25.6 Å². The lowest BCUT2D eigenvalue weighted by Gasteiger charge is -2.00. The number of nitrogens with zero attached hydrogens (tertiary/aromatic N) is 1. The highest BCUT2D eigenvalue weighted by Crippen LogP contribution is 2.14. The van der Waals surface area contributed by atoms with E-state index in [2.05, 4.69) is 34.8 Å². The quantitative estimate of drug-likeness (QED) is 0.729. The minimum atomic E-state index is 0.626. The lowest BCUT2D eigenvalue weighted by Crippen LogP contribution is -1.95. The summed E-state index contributed by atoms with van der Waals surface area (Å²) < 4.78 is 5.23.